The van der Waals surface area contributed by atoms with Gasteiger partial charge in [-0.3, -0.25) is 9.69 Å². The highest BCUT2D eigenvalue weighted by atomic mass is 19.4. The highest BCUT2D eigenvalue weighted by Crippen LogP contribution is 2.66. The molecule has 1 amide bonds. The molecule has 0 radical (unpaired) electrons. The first kappa shape index (κ1) is 25.7. The van der Waals surface area contributed by atoms with Crippen molar-refractivity contribution in [1.29, 1.82) is 0 Å². The number of piperidine rings is 1. The second kappa shape index (κ2) is 8.64. The number of benzene rings is 2. The summed E-state index contributed by atoms with van der Waals surface area (Å²) in [6.07, 6.45) is -0.180. The Morgan fingerprint density at radius 2 is 1.90 bits per heavy atom. The summed E-state index contributed by atoms with van der Waals surface area (Å²) >= 11 is 0. The minimum atomic E-state index is -4.44. The summed E-state index contributed by atoms with van der Waals surface area (Å²) in [4.78, 5) is 17.3. The van der Waals surface area contributed by atoms with E-state index in [0.29, 0.717) is 42.9 Å². The van der Waals surface area contributed by atoms with Gasteiger partial charge in [-0.25, -0.2) is 0 Å². The molecule has 2 bridgehead atoms. The molecule has 2 saturated carbocycles. The molecule has 2 aromatic carbocycles. The van der Waals surface area contributed by atoms with Crippen LogP contribution in [-0.4, -0.2) is 69.8 Å². The zero-order chi connectivity index (χ0) is 28.0. The molecule has 210 valence electrons. The van der Waals surface area contributed by atoms with Gasteiger partial charge in [-0.2, -0.15) is 13.2 Å². The molecule has 0 aromatic heterocycles. The lowest BCUT2D eigenvalue weighted by Crippen LogP contribution is -2.78. The molecular formula is C31H31F3N2O4. The average molecular weight is 553 g/mol. The molecule has 1 saturated heterocycles. The Bertz CT molecular complexity index is 1440. The molecule has 5 aliphatic rings. The lowest BCUT2D eigenvalue weighted by molar-refractivity contribution is -0.199. The maximum Gasteiger partial charge on any atom is 0.416 e. The van der Waals surface area contributed by atoms with Gasteiger partial charge in [-0.1, -0.05) is 12.0 Å². The van der Waals surface area contributed by atoms with Crippen LogP contribution < -0.4 is 4.74 Å². The molecule has 3 fully saturated rings. The van der Waals surface area contributed by atoms with Crippen molar-refractivity contribution in [2.24, 2.45) is 5.92 Å². The molecule has 2 N–H and O–H groups in total. The number of hydrogen-bond donors (Lipinski definition) is 2. The Morgan fingerprint density at radius 3 is 2.60 bits per heavy atom. The van der Waals surface area contributed by atoms with E-state index in [2.05, 4.69) is 16.7 Å². The number of amides is 1. The second-order valence-corrected chi connectivity index (χ2v) is 12.1. The number of ether oxygens (including phenoxy) is 1. The van der Waals surface area contributed by atoms with Crippen LogP contribution in [0.25, 0.3) is 0 Å². The minimum absolute atomic E-state index is 0.0403. The van der Waals surface area contributed by atoms with Gasteiger partial charge in [0.1, 0.15) is 6.10 Å². The number of rotatable bonds is 3. The zero-order valence-electron chi connectivity index (χ0n) is 22.2. The second-order valence-electron chi connectivity index (χ2n) is 12.1. The fourth-order valence-electron chi connectivity index (χ4n) is 7.96. The van der Waals surface area contributed by atoms with Crippen molar-refractivity contribution in [3.05, 3.63) is 58.7 Å². The van der Waals surface area contributed by atoms with Crippen LogP contribution in [0.4, 0.5) is 13.2 Å². The molecule has 5 atom stereocenters. The van der Waals surface area contributed by atoms with E-state index in [1.807, 2.05) is 6.07 Å². The Hall–Kier alpha value is -3.22. The fraction of sp³-hybridized carbons (Fsp3) is 0.516. The topological polar surface area (TPSA) is 73.2 Å². The highest BCUT2D eigenvalue weighted by Gasteiger charge is 2.73. The van der Waals surface area contributed by atoms with E-state index in [4.69, 9.17) is 4.74 Å². The summed E-state index contributed by atoms with van der Waals surface area (Å²) in [5.74, 6) is 5.94. The maximum absolute atomic E-state index is 13.3. The minimum Gasteiger partial charge on any atom is -0.504 e. The Balaban J connectivity index is 1.20. The lowest BCUT2D eigenvalue weighted by atomic mass is 9.48. The van der Waals surface area contributed by atoms with Crippen LogP contribution in [0, 0.1) is 17.8 Å². The van der Waals surface area contributed by atoms with Gasteiger partial charge in [0.15, 0.2) is 11.5 Å². The summed E-state index contributed by atoms with van der Waals surface area (Å²) in [6, 6.07) is 7.54. The molecule has 2 aliphatic heterocycles. The van der Waals surface area contributed by atoms with E-state index in [0.717, 1.165) is 36.3 Å². The van der Waals surface area contributed by atoms with E-state index in [1.54, 1.807) is 18.0 Å². The molecular weight excluding hydrogens is 521 g/mol. The molecule has 7 rings (SSSR count). The van der Waals surface area contributed by atoms with Gasteiger partial charge in [0.05, 0.1) is 22.6 Å². The van der Waals surface area contributed by atoms with Gasteiger partial charge in [0.25, 0.3) is 5.91 Å². The molecule has 40 heavy (non-hydrogen) atoms. The summed E-state index contributed by atoms with van der Waals surface area (Å²) in [5, 5.41) is 23.4. The number of aromatic hydroxyl groups is 1. The predicted molar refractivity (Wildman–Crippen MR) is 140 cm³/mol. The number of likely N-dealkylation sites (tertiary alicyclic amines) is 1. The van der Waals surface area contributed by atoms with Crippen LogP contribution >= 0.6 is 0 Å². The largest absolute Gasteiger partial charge is 0.504 e. The Labute approximate surface area is 230 Å². The summed E-state index contributed by atoms with van der Waals surface area (Å²) in [6.45, 7) is 1.80. The lowest BCUT2D eigenvalue weighted by Gasteiger charge is -2.64. The van der Waals surface area contributed by atoms with Crippen LogP contribution in [0.5, 0.6) is 11.5 Å². The SMILES string of the molecule is CN(C(=O)C#Cc1ccc(C(F)(F)F)cc1)[C@@H]1CC[C@@]2(O)C3Cc4ccc(O)c5c4C2(CCN3CC2CC2)C1O5. The van der Waals surface area contributed by atoms with Crippen molar-refractivity contribution in [2.45, 2.75) is 73.9 Å². The first-order valence-corrected chi connectivity index (χ1v) is 14.0. The number of phenols is 1. The Kier molecular flexibility index (Phi) is 5.56. The van der Waals surface area contributed by atoms with Gasteiger partial charge < -0.3 is 19.8 Å². The summed E-state index contributed by atoms with van der Waals surface area (Å²) < 4.78 is 45.2. The first-order chi connectivity index (χ1) is 19.0. The predicted octanol–water partition coefficient (Wildman–Crippen LogP) is 3.85. The number of hydrogen-bond acceptors (Lipinski definition) is 5. The number of nitrogens with zero attached hydrogens (tertiary/aromatic N) is 2. The molecule has 2 heterocycles. The maximum atomic E-state index is 13.3. The summed E-state index contributed by atoms with van der Waals surface area (Å²) in [5.41, 5.74) is -0.291. The number of halogens is 3. The fourth-order valence-corrected chi connectivity index (χ4v) is 7.96. The van der Waals surface area contributed by atoms with Gasteiger partial charge in [-0.15, -0.1) is 0 Å². The van der Waals surface area contributed by atoms with Crippen LogP contribution in [0.3, 0.4) is 0 Å². The van der Waals surface area contributed by atoms with Crippen LogP contribution in [0.2, 0.25) is 0 Å². The molecule has 2 aromatic rings. The van der Waals surface area contributed by atoms with E-state index < -0.39 is 40.8 Å². The smallest absolute Gasteiger partial charge is 0.416 e. The quantitative estimate of drug-likeness (QED) is 0.566. The van der Waals surface area contributed by atoms with Crippen LogP contribution in [0.15, 0.2) is 36.4 Å². The number of aliphatic hydroxyl groups is 1. The monoisotopic (exact) mass is 552 g/mol. The third-order valence-electron chi connectivity index (χ3n) is 10.1. The van der Waals surface area contributed by atoms with Crippen LogP contribution in [0.1, 0.15) is 54.4 Å². The zero-order valence-corrected chi connectivity index (χ0v) is 22.2. The molecule has 6 nitrogen and oxygen atoms in total. The van der Waals surface area contributed by atoms with E-state index in [9.17, 15) is 28.2 Å². The number of alkyl halides is 3. The number of carbonyl (C=O) groups is 1. The van der Waals surface area contributed by atoms with Crippen molar-refractivity contribution in [3.8, 4) is 23.3 Å². The highest BCUT2D eigenvalue weighted by molar-refractivity contribution is 5.94. The number of carbonyl (C=O) groups excluding carboxylic acids is 1. The van der Waals surface area contributed by atoms with Gasteiger partial charge in [0, 0.05) is 36.7 Å². The number of likely N-dealkylation sites (N-methyl/N-ethyl adjacent to an activating group) is 1. The van der Waals surface area contributed by atoms with Gasteiger partial charge in [0.2, 0.25) is 0 Å². The van der Waals surface area contributed by atoms with Crippen molar-refractivity contribution >= 4 is 5.91 Å². The molecule has 3 unspecified atom stereocenters. The van der Waals surface area contributed by atoms with Gasteiger partial charge in [-0.05, 0) is 86.9 Å². The molecule has 1 spiro atoms. The third-order valence-corrected chi connectivity index (χ3v) is 10.1. The standard InChI is InChI=1S/C31H31F3N2O4/c1-35(25(38)11-6-18-4-8-21(9-5-18)31(32,33)34)22-12-13-30(39)24-16-20-7-10-23(37)27-26(20)29(30,28(22)40-27)14-15-36(24)17-19-2-3-19/h4-5,7-10,19,22,24,28,37,39H,2-3,12-17H2,1H3/t22-,24?,28?,29?,30-/m1/s1. The van der Waals surface area contributed by atoms with E-state index in [1.165, 1.54) is 25.0 Å². The van der Waals surface area contributed by atoms with Crippen molar-refractivity contribution in [3.63, 3.8) is 0 Å². The van der Waals surface area contributed by atoms with Gasteiger partial charge >= 0.3 is 6.18 Å². The van der Waals surface area contributed by atoms with E-state index >= 15 is 0 Å². The molecule has 9 heteroatoms. The Morgan fingerprint density at radius 1 is 1.15 bits per heavy atom. The van der Waals surface area contributed by atoms with Crippen LogP contribution in [-0.2, 0) is 22.8 Å². The van der Waals surface area contributed by atoms with Crippen molar-refractivity contribution in [2.75, 3.05) is 20.1 Å². The van der Waals surface area contributed by atoms with Crippen molar-refractivity contribution in [1.82, 2.24) is 9.80 Å². The average Bonchev–Trinajstić information content (AvgIpc) is 3.67. The first-order valence-electron chi connectivity index (χ1n) is 14.0. The van der Waals surface area contributed by atoms with Crippen molar-refractivity contribution < 1.29 is 32.9 Å². The third kappa shape index (κ3) is 3.61. The molecule has 3 aliphatic carbocycles. The summed E-state index contributed by atoms with van der Waals surface area (Å²) in [7, 11) is 1.66. The van der Waals surface area contributed by atoms with E-state index in [-0.39, 0.29) is 11.8 Å². The normalized spacial score (nSPS) is 32.0. The number of phenolic OH excluding ortho intramolecular Hbond substituents is 1.